The highest BCUT2D eigenvalue weighted by Gasteiger charge is 2.62. The van der Waals surface area contributed by atoms with Gasteiger partial charge < -0.3 is 14.9 Å². The molecule has 0 bridgehead atoms. The summed E-state index contributed by atoms with van der Waals surface area (Å²) in [6.07, 6.45) is -2.70. The van der Waals surface area contributed by atoms with Crippen LogP contribution < -0.4 is 5.32 Å². The molecule has 1 heterocycles. The third-order valence-electron chi connectivity index (χ3n) is 4.54. The molecular weight excluding hydrogens is 475 g/mol. The van der Waals surface area contributed by atoms with Crippen molar-refractivity contribution in [1.29, 1.82) is 0 Å². The molecule has 0 fully saturated rings. The number of ether oxygens (including phenoxy) is 1. The first-order valence-corrected chi connectivity index (χ1v) is 9.84. The van der Waals surface area contributed by atoms with Crippen molar-refractivity contribution in [3.8, 4) is 0 Å². The van der Waals surface area contributed by atoms with Gasteiger partial charge in [0, 0.05) is 29.1 Å². The molecule has 0 spiro atoms. The number of halogens is 6. The number of nitrogens with one attached hydrogen (secondary N) is 1. The number of anilines is 1. The second-order valence-electron chi connectivity index (χ2n) is 6.89. The van der Waals surface area contributed by atoms with Gasteiger partial charge in [0.25, 0.3) is 5.60 Å². The summed E-state index contributed by atoms with van der Waals surface area (Å²) in [6.45, 7) is -0.263. The number of oxime groups is 1. The number of methoxy groups -OCH3 is 1. The van der Waals surface area contributed by atoms with Gasteiger partial charge in [-0.05, 0) is 42.0 Å². The normalized spacial score (nSPS) is 18.5. The van der Waals surface area contributed by atoms with E-state index in [0.29, 0.717) is 5.56 Å². The lowest BCUT2D eigenvalue weighted by atomic mass is 9.88. The summed E-state index contributed by atoms with van der Waals surface area (Å²) in [5, 5.41) is 5.98. The first-order valence-electron chi connectivity index (χ1n) is 9.09. The van der Waals surface area contributed by atoms with Crippen LogP contribution in [0.3, 0.4) is 0 Å². The first kappa shape index (κ1) is 24.0. The van der Waals surface area contributed by atoms with Gasteiger partial charge in [-0.1, -0.05) is 40.5 Å². The van der Waals surface area contributed by atoms with Gasteiger partial charge in [-0.15, -0.1) is 0 Å². The highest BCUT2D eigenvalue weighted by atomic mass is 35.5. The molecular formula is C21H16Cl2F4N2O3. The number of carbonyl (C=O) groups excluding carboxylic acids is 1. The van der Waals surface area contributed by atoms with E-state index < -0.39 is 29.9 Å². The minimum Gasteiger partial charge on any atom is -0.375 e. The Labute approximate surface area is 190 Å². The van der Waals surface area contributed by atoms with Crippen LogP contribution in [0.5, 0.6) is 0 Å². The lowest BCUT2D eigenvalue weighted by Gasteiger charge is -2.29. The average molecular weight is 491 g/mol. The molecule has 0 aliphatic carbocycles. The van der Waals surface area contributed by atoms with Crippen LogP contribution in [0.15, 0.2) is 47.6 Å². The SMILES string of the molecule is COCC(=O)Nc1cc(/C=C/C2=NOC(c3cc(Cl)cc(Cl)c3)(C(F)(F)F)C2)ccc1F. The van der Waals surface area contributed by atoms with E-state index in [0.717, 1.165) is 18.2 Å². The Morgan fingerprint density at radius 2 is 1.91 bits per heavy atom. The van der Waals surface area contributed by atoms with Crippen molar-refractivity contribution in [3.63, 3.8) is 0 Å². The second-order valence-corrected chi connectivity index (χ2v) is 7.76. The van der Waals surface area contributed by atoms with Crippen LogP contribution in [0, 0.1) is 5.82 Å². The predicted molar refractivity (Wildman–Crippen MR) is 113 cm³/mol. The van der Waals surface area contributed by atoms with Crippen molar-refractivity contribution in [2.75, 3.05) is 19.0 Å². The molecule has 0 aromatic heterocycles. The molecule has 2 aromatic carbocycles. The zero-order chi connectivity index (χ0) is 23.5. The Kier molecular flexibility index (Phi) is 7.12. The van der Waals surface area contributed by atoms with E-state index in [4.69, 9.17) is 28.0 Å². The van der Waals surface area contributed by atoms with E-state index in [1.807, 2.05) is 0 Å². The average Bonchev–Trinajstić information content (AvgIpc) is 3.14. The lowest BCUT2D eigenvalue weighted by molar-refractivity contribution is -0.275. The molecule has 2 aromatic rings. The third kappa shape index (κ3) is 5.23. The zero-order valence-corrected chi connectivity index (χ0v) is 18.0. The van der Waals surface area contributed by atoms with Gasteiger partial charge >= 0.3 is 6.18 Å². The molecule has 0 radical (unpaired) electrons. The molecule has 1 atom stereocenters. The number of nitrogens with zero attached hydrogens (tertiary/aromatic N) is 1. The van der Waals surface area contributed by atoms with Crippen molar-refractivity contribution in [1.82, 2.24) is 0 Å². The zero-order valence-electron chi connectivity index (χ0n) is 16.5. The van der Waals surface area contributed by atoms with Crippen LogP contribution in [0.25, 0.3) is 6.08 Å². The van der Waals surface area contributed by atoms with Crippen molar-refractivity contribution in [2.24, 2.45) is 5.16 Å². The molecule has 3 rings (SSSR count). The van der Waals surface area contributed by atoms with Gasteiger partial charge in [0.2, 0.25) is 5.91 Å². The molecule has 11 heteroatoms. The monoisotopic (exact) mass is 490 g/mol. The molecule has 1 unspecified atom stereocenters. The minimum atomic E-state index is -4.81. The van der Waals surface area contributed by atoms with E-state index >= 15 is 0 Å². The predicted octanol–water partition coefficient (Wildman–Crippen LogP) is 5.96. The molecule has 1 amide bonds. The third-order valence-corrected chi connectivity index (χ3v) is 4.98. The van der Waals surface area contributed by atoms with Gasteiger partial charge in [0.1, 0.15) is 12.4 Å². The molecule has 170 valence electrons. The van der Waals surface area contributed by atoms with E-state index in [-0.39, 0.29) is 33.6 Å². The summed E-state index contributed by atoms with van der Waals surface area (Å²) in [5.74, 6) is -1.24. The molecule has 32 heavy (non-hydrogen) atoms. The van der Waals surface area contributed by atoms with Gasteiger partial charge in [0.05, 0.1) is 11.4 Å². The number of amides is 1. The highest BCUT2D eigenvalue weighted by molar-refractivity contribution is 6.34. The summed E-state index contributed by atoms with van der Waals surface area (Å²) in [7, 11) is 1.32. The number of carbonyl (C=O) groups is 1. The summed E-state index contributed by atoms with van der Waals surface area (Å²) in [5.41, 5.74) is -2.72. The summed E-state index contributed by atoms with van der Waals surface area (Å²) < 4.78 is 60.5. The van der Waals surface area contributed by atoms with E-state index in [9.17, 15) is 22.4 Å². The fourth-order valence-electron chi connectivity index (χ4n) is 3.06. The van der Waals surface area contributed by atoms with E-state index in [2.05, 4.69) is 15.2 Å². The maximum absolute atomic E-state index is 14.0. The van der Waals surface area contributed by atoms with Crippen LogP contribution in [0.1, 0.15) is 17.5 Å². The largest absolute Gasteiger partial charge is 0.435 e. The highest BCUT2D eigenvalue weighted by Crippen LogP contribution is 2.49. The first-order chi connectivity index (χ1) is 15.0. The summed E-state index contributed by atoms with van der Waals surface area (Å²) in [4.78, 5) is 16.5. The van der Waals surface area contributed by atoms with Gasteiger partial charge in [0.15, 0.2) is 0 Å². The number of hydrogen-bond acceptors (Lipinski definition) is 4. The van der Waals surface area contributed by atoms with Crippen LogP contribution in [0.4, 0.5) is 23.2 Å². The Hall–Kier alpha value is -2.62. The van der Waals surface area contributed by atoms with Gasteiger partial charge in [-0.3, -0.25) is 4.79 Å². The maximum atomic E-state index is 14.0. The van der Waals surface area contributed by atoms with Crippen LogP contribution in [-0.4, -0.2) is 31.5 Å². The van der Waals surface area contributed by atoms with E-state index in [1.165, 1.54) is 37.5 Å². The Morgan fingerprint density at radius 3 is 2.53 bits per heavy atom. The quantitative estimate of drug-likeness (QED) is 0.507. The molecule has 1 aliphatic rings. The van der Waals surface area contributed by atoms with E-state index in [1.54, 1.807) is 0 Å². The summed E-state index contributed by atoms with van der Waals surface area (Å²) >= 11 is 11.7. The molecule has 0 saturated carbocycles. The topological polar surface area (TPSA) is 59.9 Å². The number of hydrogen-bond donors (Lipinski definition) is 1. The van der Waals surface area contributed by atoms with Crippen molar-refractivity contribution in [3.05, 3.63) is 69.5 Å². The van der Waals surface area contributed by atoms with Crippen LogP contribution in [-0.2, 0) is 20.0 Å². The number of allylic oxidation sites excluding steroid dienone is 1. The van der Waals surface area contributed by atoms with Crippen molar-refractivity contribution < 1.29 is 31.9 Å². The molecule has 0 saturated heterocycles. The standard InChI is InChI=1S/C21H16Cl2F4N2O3/c1-31-11-19(30)28-18-6-12(3-5-17(18)24)2-4-16-10-20(32-29-16,21(25,26)27)13-7-14(22)9-15(23)8-13/h2-9H,10-11H2,1H3,(H,28,30)/b4-2+. The van der Waals surface area contributed by atoms with Gasteiger partial charge in [-0.25, -0.2) is 4.39 Å². The second kappa shape index (κ2) is 9.48. The number of benzene rings is 2. The fraction of sp³-hybridized carbons (Fsp3) is 0.238. The Bertz CT molecular complexity index is 1070. The Morgan fingerprint density at radius 1 is 1.22 bits per heavy atom. The van der Waals surface area contributed by atoms with Gasteiger partial charge in [-0.2, -0.15) is 13.2 Å². The smallest absolute Gasteiger partial charge is 0.375 e. The molecule has 1 N–H and O–H groups in total. The lowest BCUT2D eigenvalue weighted by Crippen LogP contribution is -2.42. The summed E-state index contributed by atoms with van der Waals surface area (Å²) in [6, 6.07) is 7.38. The maximum Gasteiger partial charge on any atom is 0.435 e. The number of alkyl halides is 3. The Balaban J connectivity index is 1.83. The fourth-order valence-corrected chi connectivity index (χ4v) is 3.58. The van der Waals surface area contributed by atoms with Crippen molar-refractivity contribution >= 4 is 46.6 Å². The van der Waals surface area contributed by atoms with Crippen molar-refractivity contribution in [2.45, 2.75) is 18.2 Å². The molecule has 1 aliphatic heterocycles. The molecule has 5 nitrogen and oxygen atoms in total. The van der Waals surface area contributed by atoms with Crippen LogP contribution in [0.2, 0.25) is 10.0 Å². The van der Waals surface area contributed by atoms with Crippen LogP contribution >= 0.6 is 23.2 Å². The number of rotatable bonds is 6. The minimum absolute atomic E-state index is 0.00674.